The highest BCUT2D eigenvalue weighted by Gasteiger charge is 2.23. The zero-order chi connectivity index (χ0) is 12.9. The van der Waals surface area contributed by atoms with Gasteiger partial charge in [-0.05, 0) is 49.4 Å². The molecule has 0 amide bonds. The van der Waals surface area contributed by atoms with Crippen LogP contribution in [0.25, 0.3) is 0 Å². The van der Waals surface area contributed by atoms with Crippen LogP contribution in [0.2, 0.25) is 0 Å². The molecule has 0 aromatic carbocycles. The van der Waals surface area contributed by atoms with Gasteiger partial charge < -0.3 is 11.1 Å². The number of nitrogens with one attached hydrogen (secondary N) is 1. The Hall–Kier alpha value is -0.380. The van der Waals surface area contributed by atoms with Crippen molar-refractivity contribution in [3.8, 4) is 0 Å². The van der Waals surface area contributed by atoms with Gasteiger partial charge in [0.25, 0.3) is 0 Å². The minimum absolute atomic E-state index is 0.226. The van der Waals surface area contributed by atoms with Gasteiger partial charge >= 0.3 is 0 Å². The molecule has 0 spiro atoms. The van der Waals surface area contributed by atoms with E-state index in [1.807, 2.05) is 11.3 Å². The largest absolute Gasteiger partial charge is 0.330 e. The van der Waals surface area contributed by atoms with Gasteiger partial charge in [0.05, 0.1) is 0 Å². The van der Waals surface area contributed by atoms with Crippen molar-refractivity contribution >= 4 is 11.3 Å². The van der Waals surface area contributed by atoms with Crippen molar-refractivity contribution in [2.75, 3.05) is 19.6 Å². The third-order valence-electron chi connectivity index (χ3n) is 3.26. The first kappa shape index (κ1) is 14.7. The summed E-state index contributed by atoms with van der Waals surface area (Å²) in [6, 6.07) is 2.21. The Labute approximate surface area is 110 Å². The van der Waals surface area contributed by atoms with Gasteiger partial charge in [0.1, 0.15) is 0 Å². The predicted octanol–water partition coefficient (Wildman–Crippen LogP) is 2.91. The molecule has 1 atom stereocenters. The van der Waals surface area contributed by atoms with Crippen LogP contribution in [-0.2, 0) is 5.41 Å². The van der Waals surface area contributed by atoms with E-state index >= 15 is 0 Å². The predicted molar refractivity (Wildman–Crippen MR) is 77.8 cm³/mol. The van der Waals surface area contributed by atoms with Gasteiger partial charge in [0.2, 0.25) is 0 Å². The lowest BCUT2D eigenvalue weighted by Crippen LogP contribution is -2.34. The number of thiophene rings is 1. The normalized spacial score (nSPS) is 13.9. The molecule has 0 bridgehead atoms. The molecular weight excluding hydrogens is 228 g/mol. The van der Waals surface area contributed by atoms with E-state index in [1.165, 1.54) is 10.4 Å². The van der Waals surface area contributed by atoms with E-state index in [4.69, 9.17) is 5.73 Å². The van der Waals surface area contributed by atoms with E-state index in [0.717, 1.165) is 26.1 Å². The minimum atomic E-state index is 0.226. The summed E-state index contributed by atoms with van der Waals surface area (Å²) in [7, 11) is 0. The van der Waals surface area contributed by atoms with Crippen molar-refractivity contribution in [1.82, 2.24) is 5.32 Å². The molecule has 0 saturated heterocycles. The first-order valence-electron chi connectivity index (χ1n) is 6.42. The average molecular weight is 254 g/mol. The van der Waals surface area contributed by atoms with Crippen LogP contribution in [0.5, 0.6) is 0 Å². The Bertz CT molecular complexity index is 331. The molecule has 0 saturated carbocycles. The minimum Gasteiger partial charge on any atom is -0.330 e. The van der Waals surface area contributed by atoms with Gasteiger partial charge in [-0.25, -0.2) is 0 Å². The number of nitrogens with two attached hydrogens (primary N) is 1. The molecule has 0 aliphatic heterocycles. The fraction of sp³-hybridized carbons (Fsp3) is 0.714. The monoisotopic (exact) mass is 254 g/mol. The van der Waals surface area contributed by atoms with Crippen molar-refractivity contribution in [3.63, 3.8) is 0 Å². The first-order chi connectivity index (χ1) is 7.97. The highest BCUT2D eigenvalue weighted by atomic mass is 32.1. The quantitative estimate of drug-likeness (QED) is 0.734. The lowest BCUT2D eigenvalue weighted by atomic mass is 9.89. The van der Waals surface area contributed by atoms with Crippen LogP contribution >= 0.6 is 11.3 Å². The SMILES string of the molecule is Cc1ccsc1C(C)(C)CNCCC(C)CN. The van der Waals surface area contributed by atoms with Gasteiger partial charge in [-0.3, -0.25) is 0 Å². The zero-order valence-electron chi connectivity index (χ0n) is 11.5. The second-order valence-corrected chi connectivity index (χ2v) is 6.54. The van der Waals surface area contributed by atoms with E-state index in [9.17, 15) is 0 Å². The molecule has 2 nitrogen and oxygen atoms in total. The molecule has 1 aromatic rings. The second-order valence-electron chi connectivity index (χ2n) is 5.62. The Morgan fingerprint density at radius 1 is 1.47 bits per heavy atom. The topological polar surface area (TPSA) is 38.0 Å². The van der Waals surface area contributed by atoms with Crippen LogP contribution in [-0.4, -0.2) is 19.6 Å². The molecular formula is C14H26N2S. The molecule has 0 aliphatic carbocycles. The van der Waals surface area contributed by atoms with E-state index in [0.29, 0.717) is 5.92 Å². The number of hydrogen-bond acceptors (Lipinski definition) is 3. The Morgan fingerprint density at radius 2 is 2.18 bits per heavy atom. The Morgan fingerprint density at radius 3 is 2.71 bits per heavy atom. The summed E-state index contributed by atoms with van der Waals surface area (Å²) in [5.41, 5.74) is 7.25. The molecule has 0 fully saturated rings. The van der Waals surface area contributed by atoms with Crippen LogP contribution in [0, 0.1) is 12.8 Å². The van der Waals surface area contributed by atoms with Gasteiger partial charge in [-0.2, -0.15) is 0 Å². The van der Waals surface area contributed by atoms with Gasteiger partial charge in [0.15, 0.2) is 0 Å². The van der Waals surface area contributed by atoms with Crippen molar-refractivity contribution in [1.29, 1.82) is 0 Å². The summed E-state index contributed by atoms with van der Waals surface area (Å²) in [6.45, 7) is 11.9. The van der Waals surface area contributed by atoms with Gasteiger partial charge in [-0.15, -0.1) is 11.3 Å². The van der Waals surface area contributed by atoms with E-state index < -0.39 is 0 Å². The standard InChI is InChI=1S/C14H26N2S/c1-11(9-15)5-7-16-10-14(3,4)13-12(2)6-8-17-13/h6,8,11,16H,5,7,9-10,15H2,1-4H3. The van der Waals surface area contributed by atoms with E-state index in [1.54, 1.807) is 0 Å². The van der Waals surface area contributed by atoms with Crippen molar-refractivity contribution in [2.24, 2.45) is 11.7 Å². The van der Waals surface area contributed by atoms with E-state index in [2.05, 4.69) is 44.5 Å². The zero-order valence-corrected chi connectivity index (χ0v) is 12.4. The summed E-state index contributed by atoms with van der Waals surface area (Å²) < 4.78 is 0. The van der Waals surface area contributed by atoms with Crippen LogP contribution in [0.1, 0.15) is 37.6 Å². The summed E-state index contributed by atoms with van der Waals surface area (Å²) in [6.07, 6.45) is 1.16. The van der Waals surface area contributed by atoms with Crippen molar-refractivity contribution in [3.05, 3.63) is 21.9 Å². The summed E-state index contributed by atoms with van der Waals surface area (Å²) in [4.78, 5) is 1.50. The second kappa shape index (κ2) is 6.53. The van der Waals surface area contributed by atoms with Crippen molar-refractivity contribution in [2.45, 2.75) is 39.5 Å². The van der Waals surface area contributed by atoms with Gasteiger partial charge in [-0.1, -0.05) is 20.8 Å². The maximum atomic E-state index is 5.61. The maximum absolute atomic E-state index is 5.61. The fourth-order valence-electron chi connectivity index (χ4n) is 2.01. The highest BCUT2D eigenvalue weighted by Crippen LogP contribution is 2.30. The number of rotatable bonds is 7. The summed E-state index contributed by atoms with van der Waals surface area (Å²) in [5, 5.41) is 5.74. The number of aryl methyl sites for hydroxylation is 1. The maximum Gasteiger partial charge on any atom is 0.0143 e. The van der Waals surface area contributed by atoms with E-state index in [-0.39, 0.29) is 5.41 Å². The van der Waals surface area contributed by atoms with Crippen LogP contribution in [0.3, 0.4) is 0 Å². The third kappa shape index (κ3) is 4.41. The van der Waals surface area contributed by atoms with Gasteiger partial charge in [0, 0.05) is 16.8 Å². The Balaban J connectivity index is 2.38. The molecule has 1 unspecified atom stereocenters. The number of hydrogen-bond donors (Lipinski definition) is 2. The molecule has 1 aromatic heterocycles. The Kier molecular flexibility index (Phi) is 5.63. The van der Waals surface area contributed by atoms with Crippen LogP contribution in [0.15, 0.2) is 11.4 Å². The molecule has 0 radical (unpaired) electrons. The summed E-state index contributed by atoms with van der Waals surface area (Å²) >= 11 is 1.87. The lowest BCUT2D eigenvalue weighted by molar-refractivity contribution is 0.444. The molecule has 3 N–H and O–H groups in total. The molecule has 3 heteroatoms. The lowest BCUT2D eigenvalue weighted by Gasteiger charge is -2.25. The molecule has 1 heterocycles. The van der Waals surface area contributed by atoms with Crippen molar-refractivity contribution < 1.29 is 0 Å². The first-order valence-corrected chi connectivity index (χ1v) is 7.30. The summed E-state index contributed by atoms with van der Waals surface area (Å²) in [5.74, 6) is 0.620. The third-order valence-corrected chi connectivity index (χ3v) is 4.64. The molecule has 98 valence electrons. The average Bonchev–Trinajstić information content (AvgIpc) is 2.71. The highest BCUT2D eigenvalue weighted by molar-refractivity contribution is 7.10. The van der Waals surface area contributed by atoms with Crippen LogP contribution in [0.4, 0.5) is 0 Å². The molecule has 0 aliphatic rings. The van der Waals surface area contributed by atoms with Crippen LogP contribution < -0.4 is 11.1 Å². The molecule has 1 rings (SSSR count). The fourth-order valence-corrected chi connectivity index (χ4v) is 3.07. The molecule has 17 heavy (non-hydrogen) atoms. The smallest absolute Gasteiger partial charge is 0.0143 e.